The lowest BCUT2D eigenvalue weighted by Gasteiger charge is -2.30. The summed E-state index contributed by atoms with van der Waals surface area (Å²) in [6.07, 6.45) is 4.26. The third-order valence-corrected chi connectivity index (χ3v) is 2.68. The number of rotatable bonds is 4. The van der Waals surface area contributed by atoms with Gasteiger partial charge in [-0.25, -0.2) is 4.98 Å². The Bertz CT molecular complexity index is 333. The number of nitrogens with zero attached hydrogens (tertiary/aromatic N) is 2. The highest BCUT2D eigenvalue weighted by atomic mass is 16.5. The van der Waals surface area contributed by atoms with Crippen LogP contribution in [0.25, 0.3) is 0 Å². The molecule has 0 amide bonds. The minimum absolute atomic E-state index is 0.194. The molecule has 1 atom stereocenters. The Labute approximate surface area is 97.5 Å². The average Bonchev–Trinajstić information content (AvgIpc) is 2.24. The molecule has 16 heavy (non-hydrogen) atoms. The van der Waals surface area contributed by atoms with Crippen LogP contribution in [0.15, 0.2) is 12.4 Å². The molecule has 0 aromatic carbocycles. The topological polar surface area (TPSA) is 47.0 Å². The van der Waals surface area contributed by atoms with Crippen LogP contribution in [0.3, 0.4) is 0 Å². The van der Waals surface area contributed by atoms with E-state index in [0.29, 0.717) is 11.9 Å². The molecule has 4 nitrogen and oxygen atoms in total. The Balaban J connectivity index is 2.78. The third-order valence-electron chi connectivity index (χ3n) is 2.68. The van der Waals surface area contributed by atoms with Crippen LogP contribution < -0.4 is 10.1 Å². The Hall–Kier alpha value is -1.16. The molecule has 1 aromatic rings. The first-order valence-electron chi connectivity index (χ1n) is 5.49. The van der Waals surface area contributed by atoms with Crippen molar-refractivity contribution in [3.05, 3.63) is 18.1 Å². The maximum absolute atomic E-state index is 5.06. The van der Waals surface area contributed by atoms with Crippen molar-refractivity contribution in [1.29, 1.82) is 0 Å². The summed E-state index contributed by atoms with van der Waals surface area (Å²) in [6, 6.07) is 0.369. The van der Waals surface area contributed by atoms with Crippen molar-refractivity contribution in [1.82, 2.24) is 15.3 Å². The van der Waals surface area contributed by atoms with Crippen LogP contribution in [0.5, 0.6) is 5.88 Å². The Morgan fingerprint density at radius 1 is 1.38 bits per heavy atom. The molecule has 0 spiro atoms. The van der Waals surface area contributed by atoms with Gasteiger partial charge in [-0.3, -0.25) is 4.98 Å². The number of likely N-dealkylation sites (N-methyl/N-ethyl adjacent to an activating group) is 1. The van der Waals surface area contributed by atoms with E-state index in [9.17, 15) is 0 Å². The van der Waals surface area contributed by atoms with Gasteiger partial charge in [0.2, 0.25) is 5.88 Å². The molecule has 0 saturated heterocycles. The average molecular weight is 223 g/mol. The number of ether oxygens (including phenoxy) is 1. The van der Waals surface area contributed by atoms with E-state index in [4.69, 9.17) is 4.74 Å². The Morgan fingerprint density at radius 3 is 2.56 bits per heavy atom. The van der Waals surface area contributed by atoms with E-state index in [1.165, 1.54) is 0 Å². The van der Waals surface area contributed by atoms with E-state index >= 15 is 0 Å². The van der Waals surface area contributed by atoms with Gasteiger partial charge in [0.1, 0.15) is 0 Å². The maximum atomic E-state index is 5.06. The molecule has 1 heterocycles. The number of hydrogen-bond donors (Lipinski definition) is 1. The summed E-state index contributed by atoms with van der Waals surface area (Å²) in [4.78, 5) is 8.48. The maximum Gasteiger partial charge on any atom is 0.232 e. The summed E-state index contributed by atoms with van der Waals surface area (Å²) < 4.78 is 5.06. The minimum atomic E-state index is 0.194. The van der Waals surface area contributed by atoms with Crippen LogP contribution >= 0.6 is 0 Å². The van der Waals surface area contributed by atoms with E-state index in [1.807, 2.05) is 7.05 Å². The van der Waals surface area contributed by atoms with Gasteiger partial charge in [-0.2, -0.15) is 0 Å². The minimum Gasteiger partial charge on any atom is -0.480 e. The van der Waals surface area contributed by atoms with Crippen molar-refractivity contribution >= 4 is 0 Å². The molecule has 0 aliphatic carbocycles. The normalized spacial score (nSPS) is 13.6. The molecule has 4 heteroatoms. The summed E-state index contributed by atoms with van der Waals surface area (Å²) >= 11 is 0. The van der Waals surface area contributed by atoms with Crippen LogP contribution in [0.1, 0.15) is 26.5 Å². The standard InChI is InChI=1S/C12H21N3O/c1-12(2,3)10(13-4)6-9-7-14-8-11(15-9)16-5/h7-8,10,13H,6H2,1-5H3. The smallest absolute Gasteiger partial charge is 0.232 e. The van der Waals surface area contributed by atoms with Crippen molar-refractivity contribution in [2.24, 2.45) is 5.41 Å². The number of methoxy groups -OCH3 is 1. The van der Waals surface area contributed by atoms with Crippen LogP contribution in [0.4, 0.5) is 0 Å². The van der Waals surface area contributed by atoms with Crippen LogP contribution in [0, 0.1) is 5.41 Å². The van der Waals surface area contributed by atoms with Crippen molar-refractivity contribution in [2.45, 2.75) is 33.2 Å². The lowest BCUT2D eigenvalue weighted by Crippen LogP contribution is -2.40. The van der Waals surface area contributed by atoms with Gasteiger partial charge >= 0.3 is 0 Å². The summed E-state index contributed by atoms with van der Waals surface area (Å²) in [5.74, 6) is 0.571. The van der Waals surface area contributed by atoms with Crippen molar-refractivity contribution in [3.8, 4) is 5.88 Å². The van der Waals surface area contributed by atoms with Gasteiger partial charge in [0.15, 0.2) is 0 Å². The summed E-state index contributed by atoms with van der Waals surface area (Å²) in [6.45, 7) is 6.63. The van der Waals surface area contributed by atoms with Gasteiger partial charge in [-0.1, -0.05) is 20.8 Å². The zero-order valence-corrected chi connectivity index (χ0v) is 10.7. The highest BCUT2D eigenvalue weighted by Crippen LogP contribution is 2.21. The van der Waals surface area contributed by atoms with Gasteiger partial charge in [-0.05, 0) is 12.5 Å². The lowest BCUT2D eigenvalue weighted by atomic mass is 9.84. The molecule has 1 aromatic heterocycles. The largest absolute Gasteiger partial charge is 0.480 e. The molecule has 0 radical (unpaired) electrons. The second kappa shape index (κ2) is 5.25. The lowest BCUT2D eigenvalue weighted by molar-refractivity contribution is 0.277. The Kier molecular flexibility index (Phi) is 4.24. The summed E-state index contributed by atoms with van der Waals surface area (Å²) in [5, 5.41) is 3.32. The molecule has 1 N–H and O–H groups in total. The van der Waals surface area contributed by atoms with E-state index in [0.717, 1.165) is 12.1 Å². The molecule has 0 bridgehead atoms. The van der Waals surface area contributed by atoms with Crippen molar-refractivity contribution in [3.63, 3.8) is 0 Å². The predicted octanol–water partition coefficient (Wildman–Crippen LogP) is 1.66. The fraction of sp³-hybridized carbons (Fsp3) is 0.667. The van der Waals surface area contributed by atoms with E-state index in [1.54, 1.807) is 19.5 Å². The summed E-state index contributed by atoms with van der Waals surface area (Å²) in [5.41, 5.74) is 1.15. The molecule has 1 unspecified atom stereocenters. The molecule has 90 valence electrons. The quantitative estimate of drug-likeness (QED) is 0.843. The van der Waals surface area contributed by atoms with Crippen molar-refractivity contribution in [2.75, 3.05) is 14.2 Å². The molecule has 0 saturated carbocycles. The zero-order valence-electron chi connectivity index (χ0n) is 10.7. The number of nitrogens with one attached hydrogen (secondary N) is 1. The first kappa shape index (κ1) is 12.9. The number of hydrogen-bond acceptors (Lipinski definition) is 4. The number of aromatic nitrogens is 2. The van der Waals surface area contributed by atoms with E-state index < -0.39 is 0 Å². The monoisotopic (exact) mass is 223 g/mol. The van der Waals surface area contributed by atoms with Crippen LogP contribution in [0.2, 0.25) is 0 Å². The van der Waals surface area contributed by atoms with Crippen LogP contribution in [-0.4, -0.2) is 30.2 Å². The van der Waals surface area contributed by atoms with Gasteiger partial charge < -0.3 is 10.1 Å². The van der Waals surface area contributed by atoms with Gasteiger partial charge in [-0.15, -0.1) is 0 Å². The van der Waals surface area contributed by atoms with Crippen LogP contribution in [-0.2, 0) is 6.42 Å². The van der Waals surface area contributed by atoms with Gasteiger partial charge in [0, 0.05) is 18.7 Å². The fourth-order valence-corrected chi connectivity index (χ4v) is 1.63. The zero-order chi connectivity index (χ0) is 12.2. The Morgan fingerprint density at radius 2 is 2.06 bits per heavy atom. The van der Waals surface area contributed by atoms with E-state index in [-0.39, 0.29) is 5.41 Å². The van der Waals surface area contributed by atoms with Crippen molar-refractivity contribution < 1.29 is 4.74 Å². The predicted molar refractivity (Wildman–Crippen MR) is 64.6 cm³/mol. The molecule has 0 aliphatic rings. The second-order valence-electron chi connectivity index (χ2n) is 4.96. The molecular formula is C12H21N3O. The highest BCUT2D eigenvalue weighted by molar-refractivity contribution is 5.09. The fourth-order valence-electron chi connectivity index (χ4n) is 1.63. The van der Waals surface area contributed by atoms with Gasteiger partial charge in [0.05, 0.1) is 19.0 Å². The van der Waals surface area contributed by atoms with E-state index in [2.05, 4.69) is 36.1 Å². The molecular weight excluding hydrogens is 202 g/mol. The van der Waals surface area contributed by atoms with Gasteiger partial charge in [0.25, 0.3) is 0 Å². The highest BCUT2D eigenvalue weighted by Gasteiger charge is 2.23. The summed E-state index contributed by atoms with van der Waals surface area (Å²) in [7, 11) is 3.58. The second-order valence-corrected chi connectivity index (χ2v) is 4.96. The third kappa shape index (κ3) is 3.45. The first-order valence-corrected chi connectivity index (χ1v) is 5.49. The molecule has 1 rings (SSSR count). The molecule has 0 aliphatic heterocycles. The molecule has 0 fully saturated rings. The SMILES string of the molecule is CNC(Cc1cncc(OC)n1)C(C)(C)C. The first-order chi connectivity index (χ1) is 7.47.